The third-order valence-corrected chi connectivity index (χ3v) is 6.43. The van der Waals surface area contributed by atoms with Gasteiger partial charge in [0, 0.05) is 31.2 Å². The molecule has 2 fully saturated rings. The predicted octanol–water partition coefficient (Wildman–Crippen LogP) is 1.30. The molecule has 1 aromatic carbocycles. The van der Waals surface area contributed by atoms with Crippen molar-refractivity contribution in [2.45, 2.75) is 36.6 Å². The molecule has 1 atom stereocenters. The summed E-state index contributed by atoms with van der Waals surface area (Å²) in [5, 5.41) is 0. The van der Waals surface area contributed by atoms with Gasteiger partial charge in [-0.3, -0.25) is 4.79 Å². The number of likely N-dealkylation sites (tertiary alicyclic amines) is 2. The molecule has 24 heavy (non-hydrogen) atoms. The minimum Gasteiger partial charge on any atom is -0.339 e. The van der Waals surface area contributed by atoms with Crippen LogP contribution in [0.15, 0.2) is 29.2 Å². The average Bonchev–Trinajstić information content (AvgIpc) is 2.91. The Morgan fingerprint density at radius 1 is 1.25 bits per heavy atom. The zero-order valence-electron chi connectivity index (χ0n) is 14.1. The van der Waals surface area contributed by atoms with Crippen molar-refractivity contribution in [1.82, 2.24) is 14.5 Å². The second kappa shape index (κ2) is 7.21. The van der Waals surface area contributed by atoms with Gasteiger partial charge >= 0.3 is 0 Å². The van der Waals surface area contributed by atoms with Gasteiger partial charge in [-0.15, -0.1) is 0 Å². The molecule has 6 nitrogen and oxygen atoms in total. The topological polar surface area (TPSA) is 69.7 Å². The minimum absolute atomic E-state index is 0.0918. The molecule has 0 radical (unpaired) electrons. The summed E-state index contributed by atoms with van der Waals surface area (Å²) in [4.78, 5) is 16.4. The van der Waals surface area contributed by atoms with Crippen molar-refractivity contribution < 1.29 is 13.2 Å². The molecule has 0 aliphatic carbocycles. The van der Waals surface area contributed by atoms with Crippen molar-refractivity contribution in [3.8, 4) is 0 Å². The Bertz CT molecular complexity index is 701. The van der Waals surface area contributed by atoms with Gasteiger partial charge in [-0.05, 0) is 57.5 Å². The van der Waals surface area contributed by atoms with E-state index in [1.165, 1.54) is 18.6 Å². The lowest BCUT2D eigenvalue weighted by Gasteiger charge is -2.31. The SMILES string of the molecule is CN1CCC[C@H]1CCNS(=O)(=O)c1cccc(C(=O)N2CCC2)c1. The van der Waals surface area contributed by atoms with Gasteiger partial charge in [0.1, 0.15) is 0 Å². The molecule has 2 heterocycles. The lowest BCUT2D eigenvalue weighted by Crippen LogP contribution is -2.42. The molecule has 0 spiro atoms. The van der Waals surface area contributed by atoms with E-state index in [2.05, 4.69) is 16.7 Å². The van der Waals surface area contributed by atoms with E-state index in [1.807, 2.05) is 0 Å². The summed E-state index contributed by atoms with van der Waals surface area (Å²) < 4.78 is 27.6. The maximum atomic E-state index is 12.5. The van der Waals surface area contributed by atoms with E-state index in [4.69, 9.17) is 0 Å². The number of carbonyl (C=O) groups is 1. The van der Waals surface area contributed by atoms with Crippen LogP contribution >= 0.6 is 0 Å². The summed E-state index contributed by atoms with van der Waals surface area (Å²) in [6.07, 6.45) is 4.12. The van der Waals surface area contributed by atoms with Crippen LogP contribution in [0.4, 0.5) is 0 Å². The second-order valence-corrected chi connectivity index (χ2v) is 8.40. The Morgan fingerprint density at radius 2 is 2.04 bits per heavy atom. The molecule has 1 amide bonds. The van der Waals surface area contributed by atoms with Gasteiger partial charge in [0.25, 0.3) is 5.91 Å². The average molecular weight is 351 g/mol. The monoisotopic (exact) mass is 351 g/mol. The zero-order valence-corrected chi connectivity index (χ0v) is 14.9. The summed E-state index contributed by atoms with van der Waals surface area (Å²) in [5.74, 6) is -0.0918. The van der Waals surface area contributed by atoms with Crippen LogP contribution in [0, 0.1) is 0 Å². The van der Waals surface area contributed by atoms with Crippen LogP contribution in [0.2, 0.25) is 0 Å². The van der Waals surface area contributed by atoms with Gasteiger partial charge in [-0.25, -0.2) is 13.1 Å². The van der Waals surface area contributed by atoms with Crippen molar-refractivity contribution in [2.24, 2.45) is 0 Å². The van der Waals surface area contributed by atoms with Crippen molar-refractivity contribution in [1.29, 1.82) is 0 Å². The van der Waals surface area contributed by atoms with Gasteiger partial charge in [0.2, 0.25) is 10.0 Å². The predicted molar refractivity (Wildman–Crippen MR) is 92.4 cm³/mol. The molecule has 0 bridgehead atoms. The number of hydrogen-bond acceptors (Lipinski definition) is 4. The molecule has 1 N–H and O–H groups in total. The van der Waals surface area contributed by atoms with Crippen LogP contribution in [0.5, 0.6) is 0 Å². The Balaban J connectivity index is 1.62. The first-order valence-electron chi connectivity index (χ1n) is 8.56. The number of nitrogens with one attached hydrogen (secondary N) is 1. The van der Waals surface area contributed by atoms with Gasteiger partial charge < -0.3 is 9.80 Å². The summed E-state index contributed by atoms with van der Waals surface area (Å²) in [7, 11) is -1.50. The normalized spacial score (nSPS) is 21.7. The zero-order chi connectivity index (χ0) is 17.2. The Kier molecular flexibility index (Phi) is 5.22. The molecule has 7 heteroatoms. The van der Waals surface area contributed by atoms with Crippen molar-refractivity contribution in [3.63, 3.8) is 0 Å². The fourth-order valence-corrected chi connectivity index (χ4v) is 4.38. The Hall–Kier alpha value is -1.44. The smallest absolute Gasteiger partial charge is 0.253 e. The quantitative estimate of drug-likeness (QED) is 0.839. The number of nitrogens with zero attached hydrogens (tertiary/aromatic N) is 2. The first kappa shape index (κ1) is 17.4. The number of sulfonamides is 1. The van der Waals surface area contributed by atoms with E-state index in [-0.39, 0.29) is 10.8 Å². The Morgan fingerprint density at radius 3 is 2.67 bits per heavy atom. The maximum Gasteiger partial charge on any atom is 0.253 e. The molecule has 1 aromatic rings. The highest BCUT2D eigenvalue weighted by Gasteiger charge is 2.24. The van der Waals surface area contributed by atoms with E-state index < -0.39 is 10.0 Å². The van der Waals surface area contributed by atoms with Crippen LogP contribution in [-0.4, -0.2) is 63.4 Å². The second-order valence-electron chi connectivity index (χ2n) is 6.64. The molecule has 0 saturated carbocycles. The van der Waals surface area contributed by atoms with E-state index in [1.54, 1.807) is 17.0 Å². The number of amides is 1. The first-order valence-corrected chi connectivity index (χ1v) is 10.0. The third-order valence-electron chi connectivity index (χ3n) is 4.98. The number of benzene rings is 1. The van der Waals surface area contributed by atoms with Gasteiger partial charge in [-0.2, -0.15) is 0 Å². The lowest BCUT2D eigenvalue weighted by molar-refractivity contribution is 0.0651. The summed E-state index contributed by atoms with van der Waals surface area (Å²) in [6, 6.07) is 6.77. The van der Waals surface area contributed by atoms with Gasteiger partial charge in [-0.1, -0.05) is 6.07 Å². The molecule has 0 aromatic heterocycles. The van der Waals surface area contributed by atoms with Crippen molar-refractivity contribution >= 4 is 15.9 Å². The third kappa shape index (κ3) is 3.79. The highest BCUT2D eigenvalue weighted by molar-refractivity contribution is 7.89. The minimum atomic E-state index is -3.58. The van der Waals surface area contributed by atoms with Crippen molar-refractivity contribution in [2.75, 3.05) is 33.2 Å². The lowest BCUT2D eigenvalue weighted by atomic mass is 10.1. The molecule has 2 aliphatic rings. The first-order chi connectivity index (χ1) is 11.5. The van der Waals surface area contributed by atoms with Crippen LogP contribution in [0.3, 0.4) is 0 Å². The van der Waals surface area contributed by atoms with Crippen LogP contribution in [-0.2, 0) is 10.0 Å². The van der Waals surface area contributed by atoms with E-state index in [9.17, 15) is 13.2 Å². The molecule has 3 rings (SSSR count). The molecule has 132 valence electrons. The van der Waals surface area contributed by atoms with Gasteiger partial charge in [0.15, 0.2) is 0 Å². The van der Waals surface area contributed by atoms with Crippen LogP contribution in [0.1, 0.15) is 36.0 Å². The van der Waals surface area contributed by atoms with Crippen molar-refractivity contribution in [3.05, 3.63) is 29.8 Å². The molecule has 0 unspecified atom stereocenters. The van der Waals surface area contributed by atoms with Crippen LogP contribution in [0.25, 0.3) is 0 Å². The standard InChI is InChI=1S/C17H25N3O3S/c1-19-10-3-6-15(19)8-9-18-24(22,23)16-7-2-5-14(13-16)17(21)20-11-4-12-20/h2,5,7,13,15,18H,3-4,6,8-12H2,1H3/t15-/m0/s1. The molecule has 2 aliphatic heterocycles. The van der Waals surface area contributed by atoms with E-state index in [0.29, 0.717) is 18.2 Å². The molecular formula is C17H25N3O3S. The molecular weight excluding hydrogens is 326 g/mol. The summed E-state index contributed by atoms with van der Waals surface area (Å²) in [5.41, 5.74) is 0.438. The Labute approximate surface area is 143 Å². The fourth-order valence-electron chi connectivity index (χ4n) is 3.29. The number of rotatable bonds is 6. The number of carbonyl (C=O) groups excluding carboxylic acids is 1. The highest BCUT2D eigenvalue weighted by Crippen LogP contribution is 2.19. The van der Waals surface area contributed by atoms with E-state index in [0.717, 1.165) is 38.9 Å². The van der Waals surface area contributed by atoms with E-state index >= 15 is 0 Å². The highest BCUT2D eigenvalue weighted by atomic mass is 32.2. The largest absolute Gasteiger partial charge is 0.339 e. The molecule has 2 saturated heterocycles. The van der Waals surface area contributed by atoms with Gasteiger partial charge in [0.05, 0.1) is 4.90 Å². The fraction of sp³-hybridized carbons (Fsp3) is 0.588. The summed E-state index contributed by atoms with van der Waals surface area (Å²) in [6.45, 7) is 3.01. The van der Waals surface area contributed by atoms with Crippen LogP contribution < -0.4 is 4.72 Å². The summed E-state index contributed by atoms with van der Waals surface area (Å²) >= 11 is 0. The maximum absolute atomic E-state index is 12.5. The number of hydrogen-bond donors (Lipinski definition) is 1.